The van der Waals surface area contributed by atoms with Gasteiger partial charge in [0, 0.05) is 41.0 Å². The molecule has 0 aliphatic rings. The molecule has 0 amide bonds. The Balaban J connectivity index is 1.91. The first-order valence-corrected chi connectivity index (χ1v) is 10.1. The summed E-state index contributed by atoms with van der Waals surface area (Å²) in [5.74, 6) is 1.52. The third kappa shape index (κ3) is 4.70. The van der Waals surface area contributed by atoms with E-state index in [9.17, 15) is 0 Å². The minimum atomic E-state index is -0.228. The van der Waals surface area contributed by atoms with Crippen LogP contribution in [0, 0.1) is 0 Å². The van der Waals surface area contributed by atoms with Gasteiger partial charge in [0.15, 0.2) is 0 Å². The average molecular weight is 402 g/mol. The van der Waals surface area contributed by atoms with Gasteiger partial charge in [0.2, 0.25) is 17.4 Å². The second-order valence-corrected chi connectivity index (χ2v) is 9.82. The second kappa shape index (κ2) is 7.54. The first kappa shape index (κ1) is 20.3. The predicted molar refractivity (Wildman–Crippen MR) is 108 cm³/mol. The molecule has 3 heterocycles. The highest BCUT2D eigenvalue weighted by Gasteiger charge is 2.28. The van der Waals surface area contributed by atoms with Crippen molar-refractivity contribution in [1.29, 1.82) is 0 Å². The molecular formula is C19H27N7OS. The fourth-order valence-corrected chi connectivity index (χ4v) is 3.63. The maximum Gasteiger partial charge on any atom is 0.219 e. The molecule has 0 saturated carbocycles. The predicted octanol–water partition coefficient (Wildman–Crippen LogP) is 3.46. The Morgan fingerprint density at radius 1 is 1.07 bits per heavy atom. The molecule has 150 valence electrons. The van der Waals surface area contributed by atoms with Gasteiger partial charge in [-0.15, -0.1) is 20.4 Å². The lowest BCUT2D eigenvalue weighted by Gasteiger charge is -2.24. The Morgan fingerprint density at radius 3 is 2.36 bits per heavy atom. The molecule has 0 radical (unpaired) electrons. The molecule has 0 aromatic carbocycles. The summed E-state index contributed by atoms with van der Waals surface area (Å²) in [5.41, 5.74) is 7.33. The van der Waals surface area contributed by atoms with Crippen molar-refractivity contribution in [3.05, 3.63) is 40.6 Å². The monoisotopic (exact) mass is 401 g/mol. The van der Waals surface area contributed by atoms with Crippen LogP contribution in [-0.2, 0) is 23.7 Å². The molecule has 1 atom stereocenters. The Kier molecular flexibility index (Phi) is 5.47. The third-order valence-electron chi connectivity index (χ3n) is 4.46. The van der Waals surface area contributed by atoms with E-state index in [0.717, 1.165) is 28.6 Å². The highest BCUT2D eigenvalue weighted by Crippen LogP contribution is 2.31. The number of hydrogen-bond acceptors (Lipinski definition) is 9. The Labute approximate surface area is 169 Å². The van der Waals surface area contributed by atoms with Gasteiger partial charge < -0.3 is 10.2 Å². The summed E-state index contributed by atoms with van der Waals surface area (Å²) >= 11 is 1.42. The zero-order valence-corrected chi connectivity index (χ0v) is 18.0. The zero-order valence-electron chi connectivity index (χ0n) is 17.2. The Morgan fingerprint density at radius 2 is 1.79 bits per heavy atom. The molecule has 3 rings (SSSR count). The number of nitrogens with zero attached hydrogens (tertiary/aromatic N) is 6. The zero-order chi connectivity index (χ0) is 20.5. The van der Waals surface area contributed by atoms with Crippen LogP contribution < -0.4 is 5.73 Å². The van der Waals surface area contributed by atoms with Crippen LogP contribution in [0.25, 0.3) is 0 Å². The lowest BCUT2D eigenvalue weighted by molar-refractivity contribution is 0.451. The molecule has 3 aromatic rings. The highest BCUT2D eigenvalue weighted by molar-refractivity contribution is 7.15. The van der Waals surface area contributed by atoms with Crippen LogP contribution in [0.4, 0.5) is 5.13 Å². The van der Waals surface area contributed by atoms with Crippen LogP contribution in [0.1, 0.15) is 75.6 Å². The largest absolute Gasteiger partial charge is 0.428 e. The van der Waals surface area contributed by atoms with Gasteiger partial charge in [0.05, 0.1) is 0 Å². The van der Waals surface area contributed by atoms with Gasteiger partial charge in [-0.25, -0.2) is 9.97 Å². The maximum atomic E-state index is 5.77. The standard InChI is InChI=1S/C19H27N7OS/c1-11(14-24-21-10-27-14)7-12-8-13(23-15(22-12)18(2,3)4)9-19(5,6)16-25-26-17(20)28-16/h8,10-11H,7,9H2,1-6H3,(H2,20,26). The van der Waals surface area contributed by atoms with E-state index < -0.39 is 0 Å². The van der Waals surface area contributed by atoms with Crippen LogP contribution in [0.2, 0.25) is 0 Å². The van der Waals surface area contributed by atoms with Gasteiger partial charge in [0.1, 0.15) is 10.8 Å². The summed E-state index contributed by atoms with van der Waals surface area (Å²) in [4.78, 5) is 9.67. The highest BCUT2D eigenvalue weighted by atomic mass is 32.1. The van der Waals surface area contributed by atoms with Crippen molar-refractivity contribution >= 4 is 16.5 Å². The van der Waals surface area contributed by atoms with Gasteiger partial charge in [-0.1, -0.05) is 52.9 Å². The van der Waals surface area contributed by atoms with Crippen LogP contribution in [0.5, 0.6) is 0 Å². The van der Waals surface area contributed by atoms with Gasteiger partial charge >= 0.3 is 0 Å². The van der Waals surface area contributed by atoms with Crippen LogP contribution in [0.3, 0.4) is 0 Å². The van der Waals surface area contributed by atoms with E-state index in [-0.39, 0.29) is 16.7 Å². The Bertz CT molecular complexity index is 928. The molecule has 0 saturated heterocycles. The smallest absolute Gasteiger partial charge is 0.219 e. The summed E-state index contributed by atoms with van der Waals surface area (Å²) in [6.45, 7) is 12.7. The first-order valence-electron chi connectivity index (χ1n) is 9.27. The molecule has 3 aromatic heterocycles. The van der Waals surface area contributed by atoms with Gasteiger partial charge in [-0.3, -0.25) is 0 Å². The van der Waals surface area contributed by atoms with Crippen molar-refractivity contribution in [3.63, 3.8) is 0 Å². The van der Waals surface area contributed by atoms with Crippen LogP contribution >= 0.6 is 11.3 Å². The molecular weight excluding hydrogens is 374 g/mol. The van der Waals surface area contributed by atoms with Gasteiger partial charge in [0.25, 0.3) is 0 Å². The van der Waals surface area contributed by atoms with Crippen molar-refractivity contribution in [2.24, 2.45) is 0 Å². The maximum absolute atomic E-state index is 5.77. The van der Waals surface area contributed by atoms with E-state index in [1.165, 1.54) is 17.7 Å². The van der Waals surface area contributed by atoms with E-state index >= 15 is 0 Å². The van der Waals surface area contributed by atoms with Crippen molar-refractivity contribution in [1.82, 2.24) is 30.4 Å². The molecule has 28 heavy (non-hydrogen) atoms. The molecule has 0 aliphatic carbocycles. The Hall–Kier alpha value is -2.42. The van der Waals surface area contributed by atoms with E-state index in [2.05, 4.69) is 68.0 Å². The average Bonchev–Trinajstić information content (AvgIpc) is 3.25. The normalized spacial score (nSPS) is 13.6. The van der Waals surface area contributed by atoms with E-state index in [1.54, 1.807) is 0 Å². The molecule has 0 spiro atoms. The summed E-state index contributed by atoms with van der Waals surface area (Å²) < 4.78 is 5.34. The molecule has 8 nitrogen and oxygen atoms in total. The quantitative estimate of drug-likeness (QED) is 0.667. The minimum absolute atomic E-state index is 0.0778. The molecule has 0 aliphatic heterocycles. The van der Waals surface area contributed by atoms with Crippen molar-refractivity contribution in [2.45, 2.75) is 71.1 Å². The van der Waals surface area contributed by atoms with Gasteiger partial charge in [-0.2, -0.15) is 0 Å². The summed E-state index contributed by atoms with van der Waals surface area (Å²) in [7, 11) is 0. The van der Waals surface area contributed by atoms with Crippen molar-refractivity contribution in [3.8, 4) is 0 Å². The van der Waals surface area contributed by atoms with Crippen molar-refractivity contribution in [2.75, 3.05) is 5.73 Å². The second-order valence-electron chi connectivity index (χ2n) is 8.81. The first-order chi connectivity index (χ1) is 13.0. The lowest BCUT2D eigenvalue weighted by Crippen LogP contribution is -2.24. The van der Waals surface area contributed by atoms with Crippen molar-refractivity contribution < 1.29 is 4.42 Å². The van der Waals surface area contributed by atoms with E-state index in [0.29, 0.717) is 17.4 Å². The molecule has 9 heteroatoms. The van der Waals surface area contributed by atoms with Gasteiger partial charge in [-0.05, 0) is 6.07 Å². The number of anilines is 1. The van der Waals surface area contributed by atoms with Crippen LogP contribution in [-0.4, -0.2) is 30.4 Å². The molecule has 0 bridgehead atoms. The number of hydrogen-bond donors (Lipinski definition) is 1. The topological polar surface area (TPSA) is 116 Å². The number of rotatable bonds is 6. The van der Waals surface area contributed by atoms with Crippen LogP contribution in [0.15, 0.2) is 16.9 Å². The fourth-order valence-electron chi connectivity index (χ4n) is 2.92. The SMILES string of the molecule is CC(Cc1cc(CC(C)(C)c2nnc(N)s2)nc(C(C)(C)C)n1)c1nnco1. The number of nitrogens with two attached hydrogens (primary N) is 1. The number of aromatic nitrogens is 6. The lowest BCUT2D eigenvalue weighted by atomic mass is 9.87. The van der Waals surface area contributed by atoms with E-state index in [4.69, 9.17) is 20.1 Å². The fraction of sp³-hybridized carbons (Fsp3) is 0.579. The summed E-state index contributed by atoms with van der Waals surface area (Å²) in [5, 5.41) is 17.4. The molecule has 1 unspecified atom stereocenters. The van der Waals surface area contributed by atoms with E-state index in [1.807, 2.05) is 0 Å². The third-order valence-corrected chi connectivity index (χ3v) is 5.58. The number of nitrogen functional groups attached to an aromatic ring is 1. The minimum Gasteiger partial charge on any atom is -0.428 e. The summed E-state index contributed by atoms with van der Waals surface area (Å²) in [6, 6.07) is 2.06. The molecule has 2 N–H and O–H groups in total. The summed E-state index contributed by atoms with van der Waals surface area (Å²) in [6.07, 6.45) is 2.77. The molecule has 0 fully saturated rings.